The molecule has 0 aromatic heterocycles. The highest BCUT2D eigenvalue weighted by Crippen LogP contribution is 2.45. The minimum atomic E-state index is -2.74. The lowest BCUT2D eigenvalue weighted by Gasteiger charge is -2.38. The first-order valence-electron chi connectivity index (χ1n) is 12.7. The maximum Gasteiger partial charge on any atom is 0.387 e. The van der Waals surface area contributed by atoms with Gasteiger partial charge in [0.2, 0.25) is 0 Å². The molecule has 0 spiro atoms. The highest BCUT2D eigenvalue weighted by Gasteiger charge is 2.31. The van der Waals surface area contributed by atoms with Gasteiger partial charge in [0.1, 0.15) is 5.75 Å². The van der Waals surface area contributed by atoms with Gasteiger partial charge in [0, 0.05) is 0 Å². The van der Waals surface area contributed by atoms with Crippen molar-refractivity contribution in [3.63, 3.8) is 0 Å². The Labute approximate surface area is 182 Å². The summed E-state index contributed by atoms with van der Waals surface area (Å²) in [5.74, 6) is 4.80. The van der Waals surface area contributed by atoms with Crippen molar-refractivity contribution in [3.8, 4) is 5.75 Å². The molecule has 0 radical (unpaired) electrons. The Morgan fingerprint density at radius 1 is 0.700 bits per heavy atom. The van der Waals surface area contributed by atoms with Crippen LogP contribution < -0.4 is 4.74 Å². The van der Waals surface area contributed by atoms with Crippen LogP contribution in [0.15, 0.2) is 24.3 Å². The van der Waals surface area contributed by atoms with Crippen molar-refractivity contribution in [2.75, 3.05) is 0 Å². The van der Waals surface area contributed by atoms with Gasteiger partial charge in [0.05, 0.1) is 0 Å². The fourth-order valence-electron chi connectivity index (χ4n) is 6.79. The topological polar surface area (TPSA) is 9.23 Å². The molecule has 0 unspecified atom stereocenters. The van der Waals surface area contributed by atoms with Crippen molar-refractivity contribution >= 4 is 0 Å². The Balaban J connectivity index is 1.14. The lowest BCUT2D eigenvalue weighted by molar-refractivity contribution is -0.0498. The summed E-state index contributed by atoms with van der Waals surface area (Å²) in [5.41, 5.74) is 1.29. The number of ether oxygens (including phenoxy) is 1. The van der Waals surface area contributed by atoms with Gasteiger partial charge in [-0.05, 0) is 85.8 Å². The van der Waals surface area contributed by atoms with Gasteiger partial charge in [0.15, 0.2) is 0 Å². The third kappa shape index (κ3) is 6.20. The zero-order valence-corrected chi connectivity index (χ0v) is 18.5. The first-order chi connectivity index (χ1) is 14.7. The van der Waals surface area contributed by atoms with Crippen LogP contribution in [-0.2, 0) is 0 Å². The molecule has 30 heavy (non-hydrogen) atoms. The van der Waals surface area contributed by atoms with E-state index < -0.39 is 6.61 Å². The molecule has 3 saturated carbocycles. The van der Waals surface area contributed by atoms with E-state index in [0.29, 0.717) is 5.92 Å². The SMILES string of the molecule is FC(F)Oc1ccc([C@H]2CC[C@H]([C@H]3CC[C@H](CCCC4CCCC4)CC3)CC2)cc1. The monoisotopic (exact) mass is 418 g/mol. The Morgan fingerprint density at radius 2 is 1.23 bits per heavy atom. The van der Waals surface area contributed by atoms with Crippen molar-refractivity contribution in [3.05, 3.63) is 29.8 Å². The van der Waals surface area contributed by atoms with Gasteiger partial charge in [-0.2, -0.15) is 8.78 Å². The number of alkyl halides is 2. The van der Waals surface area contributed by atoms with Crippen molar-refractivity contribution < 1.29 is 13.5 Å². The molecule has 0 N–H and O–H groups in total. The molecule has 0 saturated heterocycles. The van der Waals surface area contributed by atoms with Crippen LogP contribution in [0.5, 0.6) is 5.75 Å². The molecule has 1 aromatic carbocycles. The number of benzene rings is 1. The van der Waals surface area contributed by atoms with E-state index >= 15 is 0 Å². The minimum absolute atomic E-state index is 0.266. The van der Waals surface area contributed by atoms with Crippen LogP contribution >= 0.6 is 0 Å². The Morgan fingerprint density at radius 3 is 1.80 bits per heavy atom. The highest BCUT2D eigenvalue weighted by atomic mass is 19.3. The quantitative estimate of drug-likeness (QED) is 0.410. The molecule has 1 aromatic rings. The van der Waals surface area contributed by atoms with Gasteiger partial charge >= 0.3 is 6.61 Å². The summed E-state index contributed by atoms with van der Waals surface area (Å²) >= 11 is 0. The first kappa shape index (κ1) is 22.1. The number of hydrogen-bond acceptors (Lipinski definition) is 1. The summed E-state index contributed by atoms with van der Waals surface area (Å²) < 4.78 is 29.1. The van der Waals surface area contributed by atoms with E-state index in [0.717, 1.165) is 23.7 Å². The largest absolute Gasteiger partial charge is 0.435 e. The fraction of sp³-hybridized carbons (Fsp3) is 0.778. The van der Waals surface area contributed by atoms with Crippen molar-refractivity contribution in [2.24, 2.45) is 23.7 Å². The van der Waals surface area contributed by atoms with Crippen LogP contribution in [-0.4, -0.2) is 6.61 Å². The van der Waals surface area contributed by atoms with Gasteiger partial charge in [-0.15, -0.1) is 0 Å². The van der Waals surface area contributed by atoms with Crippen LogP contribution in [0.3, 0.4) is 0 Å². The summed E-state index contributed by atoms with van der Waals surface area (Å²) in [6.07, 6.45) is 21.5. The van der Waals surface area contributed by atoms with Crippen molar-refractivity contribution in [1.82, 2.24) is 0 Å². The molecule has 4 rings (SSSR count). The molecule has 3 fully saturated rings. The summed E-state index contributed by atoms with van der Waals surface area (Å²) in [4.78, 5) is 0. The average molecular weight is 419 g/mol. The van der Waals surface area contributed by atoms with Gasteiger partial charge in [-0.1, -0.05) is 69.9 Å². The standard InChI is InChI=1S/C27H40F2O/c28-27(29)30-26-18-16-25(17-19-26)24-14-12-23(13-15-24)22-10-8-21(9-11-22)7-3-6-20-4-1-2-5-20/h16-24,27H,1-15H2/t21-,22-,23-,24-. The maximum absolute atomic E-state index is 12.3. The van der Waals surface area contributed by atoms with E-state index in [4.69, 9.17) is 0 Å². The van der Waals surface area contributed by atoms with Gasteiger partial charge in [-0.3, -0.25) is 0 Å². The zero-order chi connectivity index (χ0) is 20.8. The van der Waals surface area contributed by atoms with E-state index in [1.807, 2.05) is 12.1 Å². The van der Waals surface area contributed by atoms with E-state index in [1.165, 1.54) is 102 Å². The summed E-state index contributed by atoms with van der Waals surface area (Å²) in [7, 11) is 0. The Kier molecular flexibility index (Phi) is 8.07. The van der Waals surface area contributed by atoms with E-state index in [2.05, 4.69) is 4.74 Å². The number of rotatable bonds is 8. The van der Waals surface area contributed by atoms with Crippen LogP contribution in [0, 0.1) is 23.7 Å². The van der Waals surface area contributed by atoms with Gasteiger partial charge < -0.3 is 4.74 Å². The molecule has 0 heterocycles. The van der Waals surface area contributed by atoms with E-state index in [-0.39, 0.29) is 5.75 Å². The maximum atomic E-state index is 12.3. The zero-order valence-electron chi connectivity index (χ0n) is 18.5. The number of hydrogen-bond donors (Lipinski definition) is 0. The Bertz CT molecular complexity index is 606. The normalized spacial score (nSPS) is 30.6. The molecular weight excluding hydrogens is 378 g/mol. The molecule has 3 aliphatic rings. The van der Waals surface area contributed by atoms with Crippen LogP contribution in [0.25, 0.3) is 0 Å². The van der Waals surface area contributed by atoms with Gasteiger partial charge in [0.25, 0.3) is 0 Å². The third-order valence-electron chi connectivity index (χ3n) is 8.61. The summed E-state index contributed by atoms with van der Waals surface area (Å²) in [6, 6.07) is 7.36. The van der Waals surface area contributed by atoms with Crippen LogP contribution in [0.1, 0.15) is 108 Å². The molecule has 168 valence electrons. The van der Waals surface area contributed by atoms with E-state index in [1.54, 1.807) is 12.1 Å². The molecule has 0 atom stereocenters. The van der Waals surface area contributed by atoms with Crippen molar-refractivity contribution in [2.45, 2.75) is 109 Å². The molecule has 0 aliphatic heterocycles. The second-order valence-corrected chi connectivity index (χ2v) is 10.4. The van der Waals surface area contributed by atoms with Crippen LogP contribution in [0.2, 0.25) is 0 Å². The lowest BCUT2D eigenvalue weighted by Crippen LogP contribution is -2.25. The predicted molar refractivity (Wildman–Crippen MR) is 119 cm³/mol. The Hall–Kier alpha value is -1.12. The van der Waals surface area contributed by atoms with Crippen molar-refractivity contribution in [1.29, 1.82) is 0 Å². The second kappa shape index (κ2) is 11.0. The lowest BCUT2D eigenvalue weighted by atomic mass is 9.68. The number of halogens is 2. The molecule has 3 heteroatoms. The minimum Gasteiger partial charge on any atom is -0.435 e. The average Bonchev–Trinajstić information content (AvgIpc) is 3.28. The van der Waals surface area contributed by atoms with E-state index in [9.17, 15) is 8.78 Å². The second-order valence-electron chi connectivity index (χ2n) is 10.4. The summed E-state index contributed by atoms with van der Waals surface area (Å²) in [6.45, 7) is -2.74. The smallest absolute Gasteiger partial charge is 0.387 e. The molecule has 0 amide bonds. The molecular formula is C27H40F2O. The molecule has 1 nitrogen and oxygen atoms in total. The fourth-order valence-corrected chi connectivity index (χ4v) is 6.79. The molecule has 3 aliphatic carbocycles. The predicted octanol–water partition coefficient (Wildman–Crippen LogP) is 8.73. The first-order valence-corrected chi connectivity index (χ1v) is 12.7. The molecule has 0 bridgehead atoms. The van der Waals surface area contributed by atoms with Crippen LogP contribution in [0.4, 0.5) is 8.78 Å². The summed E-state index contributed by atoms with van der Waals surface area (Å²) in [5, 5.41) is 0. The third-order valence-corrected chi connectivity index (χ3v) is 8.61. The highest BCUT2D eigenvalue weighted by molar-refractivity contribution is 5.29. The van der Waals surface area contributed by atoms with Gasteiger partial charge in [-0.25, -0.2) is 0 Å².